The Labute approximate surface area is 47.4 Å². The van der Waals surface area contributed by atoms with Crippen molar-refractivity contribution < 1.29 is 18.7 Å². The Balaban J connectivity index is 1.95. The summed E-state index contributed by atoms with van der Waals surface area (Å²) >= 11 is 0. The molecule has 4 nitrogen and oxygen atoms in total. The SMILES string of the molecule is O=[PH](O)OCC1CO1. The van der Waals surface area contributed by atoms with Gasteiger partial charge in [-0.05, 0) is 0 Å². The Morgan fingerprint density at radius 2 is 2.62 bits per heavy atom. The van der Waals surface area contributed by atoms with E-state index in [1.165, 1.54) is 0 Å². The van der Waals surface area contributed by atoms with Crippen molar-refractivity contribution in [3.63, 3.8) is 0 Å². The van der Waals surface area contributed by atoms with Crippen LogP contribution >= 0.6 is 8.25 Å². The Morgan fingerprint density at radius 1 is 2.00 bits per heavy atom. The molecule has 1 aliphatic heterocycles. The second-order valence-electron chi connectivity index (χ2n) is 1.53. The summed E-state index contributed by atoms with van der Waals surface area (Å²) in [6.07, 6.45) is 0.0797. The first-order valence-electron chi connectivity index (χ1n) is 2.26. The zero-order valence-electron chi connectivity index (χ0n) is 4.16. The zero-order chi connectivity index (χ0) is 5.98. The highest BCUT2D eigenvalue weighted by Crippen LogP contribution is 2.18. The van der Waals surface area contributed by atoms with Crippen LogP contribution in [-0.4, -0.2) is 24.2 Å². The highest BCUT2D eigenvalue weighted by atomic mass is 31.1. The van der Waals surface area contributed by atoms with E-state index in [2.05, 4.69) is 4.52 Å². The third-order valence-corrected chi connectivity index (χ3v) is 1.21. The monoisotopic (exact) mass is 138 g/mol. The van der Waals surface area contributed by atoms with Gasteiger partial charge in [0.1, 0.15) is 6.10 Å². The van der Waals surface area contributed by atoms with Crippen LogP contribution in [0.4, 0.5) is 0 Å². The van der Waals surface area contributed by atoms with E-state index >= 15 is 0 Å². The molecule has 2 unspecified atom stereocenters. The van der Waals surface area contributed by atoms with Crippen LogP contribution in [-0.2, 0) is 13.8 Å². The van der Waals surface area contributed by atoms with Crippen molar-refractivity contribution in [1.29, 1.82) is 0 Å². The van der Waals surface area contributed by atoms with E-state index in [9.17, 15) is 4.57 Å². The summed E-state index contributed by atoms with van der Waals surface area (Å²) in [7, 11) is -2.72. The van der Waals surface area contributed by atoms with Crippen molar-refractivity contribution in [2.24, 2.45) is 0 Å². The van der Waals surface area contributed by atoms with Crippen LogP contribution < -0.4 is 0 Å². The summed E-state index contributed by atoms with van der Waals surface area (Å²) in [5.41, 5.74) is 0. The van der Waals surface area contributed by atoms with Crippen LogP contribution in [0.5, 0.6) is 0 Å². The molecule has 0 aromatic rings. The second-order valence-corrected chi connectivity index (χ2v) is 2.35. The van der Waals surface area contributed by atoms with Gasteiger partial charge in [-0.2, -0.15) is 0 Å². The zero-order valence-corrected chi connectivity index (χ0v) is 5.16. The van der Waals surface area contributed by atoms with Crippen molar-refractivity contribution in [3.8, 4) is 0 Å². The number of ether oxygens (including phenoxy) is 1. The van der Waals surface area contributed by atoms with Gasteiger partial charge in [-0.25, -0.2) is 0 Å². The molecule has 2 atom stereocenters. The molecular formula is C3H7O4P. The maximum atomic E-state index is 9.84. The van der Waals surface area contributed by atoms with Crippen molar-refractivity contribution in [1.82, 2.24) is 0 Å². The molecule has 1 saturated heterocycles. The van der Waals surface area contributed by atoms with Gasteiger partial charge < -0.3 is 14.2 Å². The fraction of sp³-hybridized carbons (Fsp3) is 1.00. The predicted octanol–water partition coefficient (Wildman–Crippen LogP) is -0.216. The summed E-state index contributed by atoms with van der Waals surface area (Å²) < 4.78 is 18.9. The van der Waals surface area contributed by atoms with Gasteiger partial charge in [-0.1, -0.05) is 0 Å². The Bertz CT molecular complexity index is 99.5. The maximum Gasteiger partial charge on any atom is 0.316 e. The normalized spacial score (nSPS) is 29.9. The Kier molecular flexibility index (Phi) is 2.02. The first-order chi connectivity index (χ1) is 3.79. The minimum Gasteiger partial charge on any atom is -0.371 e. The summed E-state index contributed by atoms with van der Waals surface area (Å²) in [6, 6.07) is 0. The average molecular weight is 138 g/mol. The van der Waals surface area contributed by atoms with Crippen molar-refractivity contribution in [3.05, 3.63) is 0 Å². The molecule has 0 radical (unpaired) electrons. The van der Waals surface area contributed by atoms with Crippen molar-refractivity contribution >= 4 is 8.25 Å². The smallest absolute Gasteiger partial charge is 0.316 e. The van der Waals surface area contributed by atoms with E-state index in [0.717, 1.165) is 0 Å². The summed E-state index contributed by atoms with van der Waals surface area (Å²) in [6.45, 7) is 0.920. The summed E-state index contributed by atoms with van der Waals surface area (Å²) in [4.78, 5) is 8.10. The third-order valence-electron chi connectivity index (χ3n) is 0.795. The van der Waals surface area contributed by atoms with Gasteiger partial charge in [0.2, 0.25) is 0 Å². The van der Waals surface area contributed by atoms with Crippen LogP contribution in [0.15, 0.2) is 0 Å². The van der Waals surface area contributed by atoms with E-state index in [-0.39, 0.29) is 12.7 Å². The quantitative estimate of drug-likeness (QED) is 0.432. The van der Waals surface area contributed by atoms with E-state index in [4.69, 9.17) is 9.63 Å². The number of rotatable bonds is 3. The first kappa shape index (κ1) is 6.23. The summed E-state index contributed by atoms with van der Waals surface area (Å²) in [5.74, 6) is 0. The molecule has 0 spiro atoms. The van der Waals surface area contributed by atoms with Gasteiger partial charge in [0.15, 0.2) is 0 Å². The Hall–Kier alpha value is 0.110. The highest BCUT2D eigenvalue weighted by molar-refractivity contribution is 7.32. The minimum atomic E-state index is -2.72. The molecule has 48 valence electrons. The topological polar surface area (TPSA) is 59.1 Å². The third kappa shape index (κ3) is 2.43. The average Bonchev–Trinajstić information content (AvgIpc) is 2.41. The van der Waals surface area contributed by atoms with Crippen LogP contribution in [0.1, 0.15) is 0 Å². The molecule has 0 aliphatic carbocycles. The van der Waals surface area contributed by atoms with Crippen LogP contribution in [0.3, 0.4) is 0 Å². The van der Waals surface area contributed by atoms with Gasteiger partial charge >= 0.3 is 8.25 Å². The highest BCUT2D eigenvalue weighted by Gasteiger charge is 2.22. The molecule has 1 N–H and O–H groups in total. The molecule has 0 amide bonds. The lowest BCUT2D eigenvalue weighted by molar-refractivity contribution is 0.244. The molecule has 1 aliphatic rings. The first-order valence-corrected chi connectivity index (χ1v) is 3.53. The maximum absolute atomic E-state index is 9.84. The van der Waals surface area contributed by atoms with Crippen LogP contribution in [0, 0.1) is 0 Å². The Morgan fingerprint density at radius 3 is 3.00 bits per heavy atom. The molecule has 0 bridgehead atoms. The lowest BCUT2D eigenvalue weighted by Crippen LogP contribution is -1.93. The lowest BCUT2D eigenvalue weighted by Gasteiger charge is -1.91. The van der Waals surface area contributed by atoms with Crippen molar-refractivity contribution in [2.75, 3.05) is 13.2 Å². The van der Waals surface area contributed by atoms with Gasteiger partial charge in [0.05, 0.1) is 13.2 Å². The largest absolute Gasteiger partial charge is 0.371 e. The number of epoxide rings is 1. The molecule has 0 saturated carbocycles. The van der Waals surface area contributed by atoms with Crippen molar-refractivity contribution in [2.45, 2.75) is 6.10 Å². The fourth-order valence-electron chi connectivity index (χ4n) is 0.329. The molecule has 1 heterocycles. The van der Waals surface area contributed by atoms with Gasteiger partial charge in [0.25, 0.3) is 0 Å². The molecule has 1 fully saturated rings. The van der Waals surface area contributed by atoms with E-state index in [0.29, 0.717) is 6.61 Å². The molecule has 5 heteroatoms. The number of hydrogen-bond donors (Lipinski definition) is 1. The van der Waals surface area contributed by atoms with Gasteiger partial charge in [-0.15, -0.1) is 0 Å². The molecule has 8 heavy (non-hydrogen) atoms. The summed E-state index contributed by atoms with van der Waals surface area (Å²) in [5, 5.41) is 0. The number of hydrogen-bond acceptors (Lipinski definition) is 3. The standard InChI is InChI=1S/C3H7O4P/c4-8(5)7-2-3-1-6-3/h3,8H,1-2H2,(H,4,5). The van der Waals surface area contributed by atoms with Crippen LogP contribution in [0.2, 0.25) is 0 Å². The molecule has 0 aromatic carbocycles. The van der Waals surface area contributed by atoms with E-state index in [1.54, 1.807) is 0 Å². The van der Waals surface area contributed by atoms with Gasteiger partial charge in [-0.3, -0.25) is 4.57 Å². The minimum absolute atomic E-state index is 0.0797. The van der Waals surface area contributed by atoms with E-state index in [1.807, 2.05) is 0 Å². The van der Waals surface area contributed by atoms with E-state index < -0.39 is 8.25 Å². The molecule has 0 aromatic heterocycles. The van der Waals surface area contributed by atoms with Gasteiger partial charge in [0, 0.05) is 0 Å². The fourth-order valence-corrected chi connectivity index (χ4v) is 0.657. The molecular weight excluding hydrogens is 131 g/mol. The predicted molar refractivity (Wildman–Crippen MR) is 26.9 cm³/mol. The molecule has 1 rings (SSSR count). The second kappa shape index (κ2) is 2.60. The lowest BCUT2D eigenvalue weighted by atomic mass is 10.5. The van der Waals surface area contributed by atoms with Crippen LogP contribution in [0.25, 0.3) is 0 Å².